The number of esters is 2. The molecular weight excluding hydrogens is 276 g/mol. The first kappa shape index (κ1) is 18.9. The summed E-state index contributed by atoms with van der Waals surface area (Å²) in [6, 6.07) is 0. The summed E-state index contributed by atoms with van der Waals surface area (Å²) in [5.41, 5.74) is 0. The number of cyclic esters (lactones) is 2. The number of hydrogen-bond acceptors (Lipinski definition) is 3. The van der Waals surface area contributed by atoms with Gasteiger partial charge in [0, 0.05) is 6.42 Å². The van der Waals surface area contributed by atoms with Crippen molar-refractivity contribution in [2.45, 2.75) is 96.3 Å². The Morgan fingerprint density at radius 3 is 1.68 bits per heavy atom. The van der Waals surface area contributed by atoms with Gasteiger partial charge in [0.25, 0.3) is 0 Å². The average Bonchev–Trinajstić information content (AvgIpc) is 2.49. The lowest BCUT2D eigenvalue weighted by Crippen LogP contribution is -2.11. The highest BCUT2D eigenvalue weighted by Crippen LogP contribution is 2.13. The van der Waals surface area contributed by atoms with Crippen molar-refractivity contribution >= 4 is 11.9 Å². The predicted molar refractivity (Wildman–Crippen MR) is 89.5 cm³/mol. The molecule has 3 nitrogen and oxygen atoms in total. The van der Waals surface area contributed by atoms with Gasteiger partial charge in [0.1, 0.15) is 0 Å². The Labute approximate surface area is 135 Å². The van der Waals surface area contributed by atoms with Crippen molar-refractivity contribution in [1.29, 1.82) is 0 Å². The second-order valence-corrected chi connectivity index (χ2v) is 6.30. The van der Waals surface area contributed by atoms with E-state index in [-0.39, 0.29) is 12.4 Å². The first-order valence-corrected chi connectivity index (χ1v) is 9.17. The summed E-state index contributed by atoms with van der Waals surface area (Å²) >= 11 is 0. The third-order valence-corrected chi connectivity index (χ3v) is 4.18. The molecule has 0 aromatic heterocycles. The minimum Gasteiger partial charge on any atom is -0.393 e. The number of carbonyl (C=O) groups is 2. The molecular formula is C19H32O3. The second kappa shape index (κ2) is 13.5. The van der Waals surface area contributed by atoms with Gasteiger partial charge in [-0.3, -0.25) is 9.59 Å². The van der Waals surface area contributed by atoms with Crippen LogP contribution >= 0.6 is 0 Å². The summed E-state index contributed by atoms with van der Waals surface area (Å²) in [6.07, 6.45) is 20.3. The van der Waals surface area contributed by atoms with Crippen LogP contribution in [0.25, 0.3) is 0 Å². The van der Waals surface area contributed by atoms with Gasteiger partial charge in [-0.2, -0.15) is 0 Å². The lowest BCUT2D eigenvalue weighted by atomic mass is 10.0. The standard InChI is InChI=1S/C19H32O3/c20-18-16-14-12-10-8-6-4-2-1-3-5-7-9-11-13-15-17-19(21)22-18/h12,14H,1-11,13,15-17H2/b14-12-. The molecule has 0 spiro atoms. The number of hydrogen-bond donors (Lipinski definition) is 0. The summed E-state index contributed by atoms with van der Waals surface area (Å²) in [5.74, 6) is -0.788. The molecule has 0 fully saturated rings. The van der Waals surface area contributed by atoms with Gasteiger partial charge in [0.2, 0.25) is 0 Å². The molecule has 1 rings (SSSR count). The third-order valence-electron chi connectivity index (χ3n) is 4.18. The molecule has 0 saturated carbocycles. The Bertz CT molecular complexity index is 334. The molecule has 1 aliphatic heterocycles. The lowest BCUT2D eigenvalue weighted by Gasteiger charge is -2.04. The Morgan fingerprint density at radius 1 is 0.591 bits per heavy atom. The molecule has 0 radical (unpaired) electrons. The van der Waals surface area contributed by atoms with Crippen molar-refractivity contribution < 1.29 is 14.3 Å². The van der Waals surface area contributed by atoms with E-state index in [2.05, 4.69) is 0 Å². The maximum Gasteiger partial charge on any atom is 0.317 e. The van der Waals surface area contributed by atoms with E-state index in [1.807, 2.05) is 12.2 Å². The van der Waals surface area contributed by atoms with Crippen LogP contribution < -0.4 is 0 Å². The summed E-state index contributed by atoms with van der Waals surface area (Å²) in [6.45, 7) is 0. The molecule has 1 aliphatic rings. The van der Waals surface area contributed by atoms with E-state index in [1.54, 1.807) is 0 Å². The number of ether oxygens (including phenoxy) is 1. The van der Waals surface area contributed by atoms with E-state index in [1.165, 1.54) is 64.2 Å². The topological polar surface area (TPSA) is 43.4 Å². The fourth-order valence-corrected chi connectivity index (χ4v) is 2.82. The fourth-order valence-electron chi connectivity index (χ4n) is 2.82. The van der Waals surface area contributed by atoms with E-state index in [0.29, 0.717) is 6.42 Å². The third kappa shape index (κ3) is 11.5. The first-order chi connectivity index (χ1) is 10.8. The summed E-state index contributed by atoms with van der Waals surface area (Å²) < 4.78 is 4.80. The highest BCUT2D eigenvalue weighted by molar-refractivity contribution is 5.86. The van der Waals surface area contributed by atoms with Crippen LogP contribution in [0.1, 0.15) is 96.3 Å². The largest absolute Gasteiger partial charge is 0.393 e. The number of carbonyl (C=O) groups excluding carboxylic acids is 2. The second-order valence-electron chi connectivity index (χ2n) is 6.30. The SMILES string of the molecule is O=C1C/C=C\CCCCCCCCCCCCCCC(=O)O1. The molecule has 0 amide bonds. The van der Waals surface area contributed by atoms with Crippen LogP contribution in [0.15, 0.2) is 12.2 Å². The van der Waals surface area contributed by atoms with Crippen molar-refractivity contribution in [2.75, 3.05) is 0 Å². The van der Waals surface area contributed by atoms with E-state index in [0.717, 1.165) is 19.3 Å². The zero-order valence-corrected chi connectivity index (χ0v) is 14.0. The Balaban J connectivity index is 2.26. The van der Waals surface area contributed by atoms with Gasteiger partial charge in [-0.25, -0.2) is 0 Å². The first-order valence-electron chi connectivity index (χ1n) is 9.17. The molecule has 1 heterocycles. The van der Waals surface area contributed by atoms with Crippen molar-refractivity contribution in [3.8, 4) is 0 Å². The predicted octanol–water partition coefficient (Wildman–Crippen LogP) is 5.48. The molecule has 0 saturated heterocycles. The smallest absolute Gasteiger partial charge is 0.317 e. The van der Waals surface area contributed by atoms with Crippen molar-refractivity contribution in [1.82, 2.24) is 0 Å². The molecule has 0 atom stereocenters. The monoisotopic (exact) mass is 308 g/mol. The molecule has 126 valence electrons. The van der Waals surface area contributed by atoms with Crippen LogP contribution in [0, 0.1) is 0 Å². The molecule has 3 heteroatoms. The van der Waals surface area contributed by atoms with Crippen molar-refractivity contribution in [3.63, 3.8) is 0 Å². The van der Waals surface area contributed by atoms with Crippen LogP contribution in [0.5, 0.6) is 0 Å². The van der Waals surface area contributed by atoms with Crippen molar-refractivity contribution in [2.24, 2.45) is 0 Å². The summed E-state index contributed by atoms with van der Waals surface area (Å²) in [7, 11) is 0. The average molecular weight is 308 g/mol. The molecule has 22 heavy (non-hydrogen) atoms. The van der Waals surface area contributed by atoms with Gasteiger partial charge in [-0.15, -0.1) is 0 Å². The Hall–Kier alpha value is -1.12. The molecule has 0 unspecified atom stereocenters. The van der Waals surface area contributed by atoms with Gasteiger partial charge in [-0.05, 0) is 19.3 Å². The number of allylic oxidation sites excluding steroid dienone is 1. The minimum absolute atomic E-state index is 0.214. The summed E-state index contributed by atoms with van der Waals surface area (Å²) in [5, 5.41) is 0. The summed E-state index contributed by atoms with van der Waals surface area (Å²) in [4.78, 5) is 23.0. The zero-order chi connectivity index (χ0) is 15.9. The van der Waals surface area contributed by atoms with Gasteiger partial charge in [-0.1, -0.05) is 76.4 Å². The van der Waals surface area contributed by atoms with Crippen LogP contribution in [-0.4, -0.2) is 11.9 Å². The van der Waals surface area contributed by atoms with Crippen molar-refractivity contribution in [3.05, 3.63) is 12.2 Å². The van der Waals surface area contributed by atoms with Gasteiger partial charge in [0.05, 0.1) is 6.42 Å². The molecule has 0 bridgehead atoms. The minimum atomic E-state index is -0.421. The molecule has 0 aromatic carbocycles. The van der Waals surface area contributed by atoms with E-state index in [9.17, 15) is 9.59 Å². The lowest BCUT2D eigenvalue weighted by molar-refractivity contribution is -0.159. The van der Waals surface area contributed by atoms with Crippen LogP contribution in [-0.2, 0) is 14.3 Å². The molecule has 0 N–H and O–H groups in total. The van der Waals surface area contributed by atoms with Gasteiger partial charge >= 0.3 is 11.9 Å². The molecule has 0 aliphatic carbocycles. The van der Waals surface area contributed by atoms with Crippen LogP contribution in [0.3, 0.4) is 0 Å². The van der Waals surface area contributed by atoms with Gasteiger partial charge < -0.3 is 4.74 Å². The highest BCUT2D eigenvalue weighted by Gasteiger charge is 2.08. The fraction of sp³-hybridized carbons (Fsp3) is 0.789. The van der Waals surface area contributed by atoms with E-state index in [4.69, 9.17) is 4.74 Å². The zero-order valence-electron chi connectivity index (χ0n) is 14.0. The maximum atomic E-state index is 11.5. The van der Waals surface area contributed by atoms with E-state index < -0.39 is 5.97 Å². The molecule has 0 aromatic rings. The van der Waals surface area contributed by atoms with E-state index >= 15 is 0 Å². The van der Waals surface area contributed by atoms with Gasteiger partial charge in [0.15, 0.2) is 0 Å². The number of rotatable bonds is 0. The normalized spacial score (nSPS) is 23.5. The Morgan fingerprint density at radius 2 is 1.09 bits per heavy atom. The van der Waals surface area contributed by atoms with Crippen LogP contribution in [0.2, 0.25) is 0 Å². The highest BCUT2D eigenvalue weighted by atomic mass is 16.6. The quantitative estimate of drug-likeness (QED) is 0.338. The maximum absolute atomic E-state index is 11.5. The van der Waals surface area contributed by atoms with Crippen LogP contribution in [0.4, 0.5) is 0 Å². The Kier molecular flexibility index (Phi) is 11.6.